The van der Waals surface area contributed by atoms with Crippen molar-refractivity contribution in [3.8, 4) is 0 Å². The van der Waals surface area contributed by atoms with Gasteiger partial charge in [0.05, 0.1) is 17.1 Å². The normalized spacial score (nSPS) is 17.6. The van der Waals surface area contributed by atoms with E-state index in [1.165, 1.54) is 30.4 Å². The SMILES string of the molecule is O=C(NCCCCN1CCCC(n2nc(Cc3ccc(Cl)cc3)c3ccccc3c2=O)CC1)c1ccc2c(c1)CCN(C1CCC1)CC2.O=CO.O=CO. The van der Waals surface area contributed by atoms with E-state index in [9.17, 15) is 9.59 Å². The molecule has 2 fully saturated rings. The molecule has 3 aromatic carbocycles. The first-order valence-electron chi connectivity index (χ1n) is 19.1. The van der Waals surface area contributed by atoms with Gasteiger partial charge in [0, 0.05) is 54.6 Å². The maximum Gasteiger partial charge on any atom is 0.290 e. The molecule has 7 rings (SSSR count). The lowest BCUT2D eigenvalue weighted by Gasteiger charge is -2.36. The summed E-state index contributed by atoms with van der Waals surface area (Å²) < 4.78 is 1.78. The second-order valence-electron chi connectivity index (χ2n) is 14.2. The maximum absolute atomic E-state index is 13.6. The van der Waals surface area contributed by atoms with Gasteiger partial charge in [-0.2, -0.15) is 5.10 Å². The summed E-state index contributed by atoms with van der Waals surface area (Å²) in [4.78, 5) is 48.5. The fourth-order valence-corrected chi connectivity index (χ4v) is 7.95. The first kappa shape index (κ1) is 40.6. The molecule has 3 N–H and O–H groups in total. The van der Waals surface area contributed by atoms with Gasteiger partial charge in [0.25, 0.3) is 24.4 Å². The van der Waals surface area contributed by atoms with Crippen LogP contribution in [0.1, 0.15) is 90.2 Å². The van der Waals surface area contributed by atoms with Gasteiger partial charge in [-0.25, -0.2) is 4.68 Å². The number of aromatic nitrogens is 2. The third-order valence-electron chi connectivity index (χ3n) is 10.9. The van der Waals surface area contributed by atoms with Crippen molar-refractivity contribution in [1.29, 1.82) is 0 Å². The highest BCUT2D eigenvalue weighted by Gasteiger charge is 2.27. The topological polar surface area (TPSA) is 145 Å². The summed E-state index contributed by atoms with van der Waals surface area (Å²) in [6.07, 6.45) is 11.7. The number of fused-ring (bicyclic) bond motifs is 2. The van der Waals surface area contributed by atoms with E-state index in [1.54, 1.807) is 4.68 Å². The molecule has 3 aliphatic rings. The fourth-order valence-electron chi connectivity index (χ4n) is 7.82. The van der Waals surface area contributed by atoms with Crippen LogP contribution in [0.25, 0.3) is 10.8 Å². The number of unbranched alkanes of at least 4 members (excludes halogenated alkanes) is 1. The van der Waals surface area contributed by atoms with Crippen molar-refractivity contribution >= 4 is 41.2 Å². The molecule has 11 nitrogen and oxygen atoms in total. The fraction of sp³-hybridized carbons (Fsp3) is 0.452. The van der Waals surface area contributed by atoms with Crippen molar-refractivity contribution in [3.63, 3.8) is 0 Å². The Morgan fingerprint density at radius 3 is 2.20 bits per heavy atom. The van der Waals surface area contributed by atoms with E-state index in [1.807, 2.05) is 54.6 Å². The molecule has 1 aromatic heterocycles. The molecule has 1 amide bonds. The Kier molecular flexibility index (Phi) is 15.6. The number of likely N-dealkylation sites (tertiary alicyclic amines) is 1. The zero-order valence-electron chi connectivity index (χ0n) is 30.9. The number of carboxylic acid groups (broad SMARTS) is 2. The Balaban J connectivity index is 0.000000878. The van der Waals surface area contributed by atoms with Crippen LogP contribution in [-0.4, -0.2) is 94.0 Å². The molecule has 2 aliphatic heterocycles. The lowest BCUT2D eigenvalue weighted by Crippen LogP contribution is -2.41. The van der Waals surface area contributed by atoms with Crippen LogP contribution in [0.5, 0.6) is 0 Å². The summed E-state index contributed by atoms with van der Waals surface area (Å²) in [6, 6.07) is 22.9. The van der Waals surface area contributed by atoms with Gasteiger partial charge in [0.15, 0.2) is 0 Å². The molecule has 1 atom stereocenters. The minimum atomic E-state index is -0.250. The molecule has 0 radical (unpaired) electrons. The molecule has 288 valence electrons. The zero-order valence-corrected chi connectivity index (χ0v) is 31.6. The summed E-state index contributed by atoms with van der Waals surface area (Å²) >= 11 is 6.12. The van der Waals surface area contributed by atoms with Crippen LogP contribution in [-0.2, 0) is 28.9 Å². The quantitative estimate of drug-likeness (QED) is 0.127. The zero-order chi connectivity index (χ0) is 38.3. The van der Waals surface area contributed by atoms with E-state index >= 15 is 0 Å². The number of rotatable bonds is 10. The summed E-state index contributed by atoms with van der Waals surface area (Å²) in [5, 5.41) is 24.3. The molecule has 12 heteroatoms. The summed E-state index contributed by atoms with van der Waals surface area (Å²) in [5.74, 6) is 0.0410. The average Bonchev–Trinajstić information content (AvgIpc) is 3.52. The summed E-state index contributed by atoms with van der Waals surface area (Å²) in [6.45, 7) is 5.41. The number of hydrogen-bond donors (Lipinski definition) is 3. The number of benzene rings is 3. The van der Waals surface area contributed by atoms with Gasteiger partial charge in [-0.05, 0) is 118 Å². The molecule has 4 aromatic rings. The lowest BCUT2D eigenvalue weighted by atomic mass is 9.91. The van der Waals surface area contributed by atoms with Crippen LogP contribution < -0.4 is 10.9 Å². The van der Waals surface area contributed by atoms with Gasteiger partial charge in [-0.15, -0.1) is 0 Å². The number of hydrogen-bond acceptors (Lipinski definition) is 7. The molecule has 1 unspecified atom stereocenters. The average molecular weight is 758 g/mol. The Labute approximate surface area is 321 Å². The number of halogens is 1. The molecule has 54 heavy (non-hydrogen) atoms. The number of carbonyl (C=O) groups excluding carboxylic acids is 1. The van der Waals surface area contributed by atoms with Crippen molar-refractivity contribution in [2.24, 2.45) is 0 Å². The molecule has 1 saturated heterocycles. The Morgan fingerprint density at radius 1 is 0.815 bits per heavy atom. The first-order valence-corrected chi connectivity index (χ1v) is 19.5. The highest BCUT2D eigenvalue weighted by Crippen LogP contribution is 2.28. The lowest BCUT2D eigenvalue weighted by molar-refractivity contribution is -0.123. The van der Waals surface area contributed by atoms with Crippen LogP contribution in [0.15, 0.2) is 71.5 Å². The second-order valence-corrected chi connectivity index (χ2v) is 14.7. The van der Waals surface area contributed by atoms with E-state index in [0.29, 0.717) is 18.0 Å². The number of nitrogens with one attached hydrogen (secondary N) is 1. The molecular formula is C42H52ClN5O6. The van der Waals surface area contributed by atoms with Crippen molar-refractivity contribution in [1.82, 2.24) is 24.9 Å². The molecule has 1 saturated carbocycles. The van der Waals surface area contributed by atoms with Crippen LogP contribution in [0.2, 0.25) is 5.02 Å². The van der Waals surface area contributed by atoms with E-state index in [4.69, 9.17) is 36.5 Å². The smallest absolute Gasteiger partial charge is 0.290 e. The highest BCUT2D eigenvalue weighted by molar-refractivity contribution is 6.30. The monoisotopic (exact) mass is 757 g/mol. The standard InChI is InChI=1S/C40H48ClN5O2.2CH2O2/c41-33-16-12-29(13-17-33)27-38-36-10-1-2-11-37(36)40(48)46(43-38)35-9-6-23-44(24-20-35)22-4-3-21-42-39(47)32-15-14-30-18-25-45(34-7-5-8-34)26-19-31(30)28-32;2*2-1-3/h1-2,10-17,28,34-35H,3-9,18-27H2,(H,42,47);2*1H,(H,2,3). The Morgan fingerprint density at radius 2 is 1.50 bits per heavy atom. The van der Waals surface area contributed by atoms with Crippen LogP contribution >= 0.6 is 11.6 Å². The van der Waals surface area contributed by atoms with E-state index in [2.05, 4.69) is 27.2 Å². The summed E-state index contributed by atoms with van der Waals surface area (Å²) in [7, 11) is 0. The van der Waals surface area contributed by atoms with Gasteiger partial charge in [-0.1, -0.05) is 54.4 Å². The number of amides is 1. The van der Waals surface area contributed by atoms with Gasteiger partial charge < -0.3 is 20.4 Å². The molecule has 0 spiro atoms. The Hall–Kier alpha value is -4.58. The van der Waals surface area contributed by atoms with Crippen LogP contribution in [0, 0.1) is 0 Å². The molecule has 0 bridgehead atoms. The highest BCUT2D eigenvalue weighted by atomic mass is 35.5. The minimum Gasteiger partial charge on any atom is -0.483 e. The van der Waals surface area contributed by atoms with Gasteiger partial charge in [-0.3, -0.25) is 24.1 Å². The maximum atomic E-state index is 13.6. The number of nitrogens with zero attached hydrogens (tertiary/aromatic N) is 4. The Bertz CT molecular complexity index is 1890. The van der Waals surface area contributed by atoms with Crippen molar-refractivity contribution in [2.45, 2.75) is 82.7 Å². The third kappa shape index (κ3) is 11.0. The number of carbonyl (C=O) groups is 3. The predicted molar refractivity (Wildman–Crippen MR) is 212 cm³/mol. The summed E-state index contributed by atoms with van der Waals surface area (Å²) in [5.41, 5.74) is 5.61. The first-order chi connectivity index (χ1) is 26.3. The van der Waals surface area contributed by atoms with E-state index in [0.717, 1.165) is 111 Å². The van der Waals surface area contributed by atoms with E-state index in [-0.39, 0.29) is 30.5 Å². The van der Waals surface area contributed by atoms with Gasteiger partial charge >= 0.3 is 0 Å². The minimum absolute atomic E-state index is 0.00442. The molecule has 3 heterocycles. The van der Waals surface area contributed by atoms with Gasteiger partial charge in [0.2, 0.25) is 0 Å². The largest absolute Gasteiger partial charge is 0.483 e. The predicted octanol–water partition coefficient (Wildman–Crippen LogP) is 6.23. The van der Waals surface area contributed by atoms with Crippen molar-refractivity contribution in [3.05, 3.63) is 110 Å². The van der Waals surface area contributed by atoms with Crippen molar-refractivity contribution in [2.75, 3.05) is 39.3 Å². The van der Waals surface area contributed by atoms with Gasteiger partial charge in [0.1, 0.15) is 0 Å². The second kappa shape index (κ2) is 20.8. The molecule has 1 aliphatic carbocycles. The van der Waals surface area contributed by atoms with E-state index < -0.39 is 0 Å². The van der Waals surface area contributed by atoms with Crippen LogP contribution in [0.3, 0.4) is 0 Å². The third-order valence-corrected chi connectivity index (χ3v) is 11.2. The van der Waals surface area contributed by atoms with Crippen LogP contribution in [0.4, 0.5) is 0 Å². The van der Waals surface area contributed by atoms with Crippen molar-refractivity contribution < 1.29 is 24.6 Å². The molecular weight excluding hydrogens is 706 g/mol.